The minimum absolute atomic E-state index is 0.103. The Hall–Kier alpha value is -0.950. The predicted molar refractivity (Wildman–Crippen MR) is 90.2 cm³/mol. The molecule has 124 valence electrons. The van der Waals surface area contributed by atoms with Gasteiger partial charge in [0, 0.05) is 38.8 Å². The van der Waals surface area contributed by atoms with Crippen LogP contribution in [0.4, 0.5) is 0 Å². The standard InChI is InChI=1S/C16H27N3O2S/c1-13-9-18(6-7-19(13)10-14(2)20)11-16(21)17-5-3-15-4-8-22-12-15/h4,8,12-14,20H,3,5-7,9-11H2,1-2H3,(H,17,21)/t13-,14+/m0/s1. The van der Waals surface area contributed by atoms with Crippen LogP contribution in [0.15, 0.2) is 16.8 Å². The summed E-state index contributed by atoms with van der Waals surface area (Å²) in [6, 6.07) is 2.47. The lowest BCUT2D eigenvalue weighted by Crippen LogP contribution is -2.55. The molecule has 2 atom stereocenters. The number of amides is 1. The molecule has 2 rings (SSSR count). The molecule has 0 bridgehead atoms. The molecule has 1 aromatic heterocycles. The maximum Gasteiger partial charge on any atom is 0.234 e. The fraction of sp³-hybridized carbons (Fsp3) is 0.688. The van der Waals surface area contributed by atoms with E-state index in [1.165, 1.54) is 5.56 Å². The van der Waals surface area contributed by atoms with Crippen LogP contribution in [0.5, 0.6) is 0 Å². The van der Waals surface area contributed by atoms with E-state index in [4.69, 9.17) is 0 Å². The molecule has 0 spiro atoms. The molecule has 6 heteroatoms. The molecule has 2 heterocycles. The van der Waals surface area contributed by atoms with Crippen molar-refractivity contribution in [2.45, 2.75) is 32.4 Å². The highest BCUT2D eigenvalue weighted by atomic mass is 32.1. The molecule has 0 aliphatic carbocycles. The molecule has 1 aliphatic heterocycles. The Morgan fingerprint density at radius 3 is 3.00 bits per heavy atom. The van der Waals surface area contributed by atoms with Gasteiger partial charge in [-0.15, -0.1) is 0 Å². The van der Waals surface area contributed by atoms with E-state index < -0.39 is 0 Å². The van der Waals surface area contributed by atoms with Gasteiger partial charge in [-0.05, 0) is 42.7 Å². The van der Waals surface area contributed by atoms with E-state index in [2.05, 4.69) is 38.9 Å². The van der Waals surface area contributed by atoms with Gasteiger partial charge in [0.15, 0.2) is 0 Å². The number of rotatable bonds is 7. The van der Waals surface area contributed by atoms with Crippen molar-refractivity contribution in [3.8, 4) is 0 Å². The Kier molecular flexibility index (Phi) is 6.82. The van der Waals surface area contributed by atoms with Gasteiger partial charge in [0.1, 0.15) is 0 Å². The predicted octanol–water partition coefficient (Wildman–Crippen LogP) is 0.794. The van der Waals surface area contributed by atoms with Crippen LogP contribution >= 0.6 is 11.3 Å². The first-order chi connectivity index (χ1) is 10.5. The summed E-state index contributed by atoms with van der Waals surface area (Å²) in [4.78, 5) is 16.5. The second-order valence-electron chi connectivity index (χ2n) is 6.16. The number of carbonyl (C=O) groups excluding carboxylic acids is 1. The summed E-state index contributed by atoms with van der Waals surface area (Å²) < 4.78 is 0. The Labute approximate surface area is 136 Å². The molecule has 1 saturated heterocycles. The largest absolute Gasteiger partial charge is 0.392 e. The number of thiophene rings is 1. The topological polar surface area (TPSA) is 55.8 Å². The molecule has 2 N–H and O–H groups in total. The van der Waals surface area contributed by atoms with Gasteiger partial charge in [0.2, 0.25) is 5.91 Å². The lowest BCUT2D eigenvalue weighted by Gasteiger charge is -2.40. The third-order valence-corrected chi connectivity index (χ3v) is 4.76. The third-order valence-electron chi connectivity index (χ3n) is 4.03. The van der Waals surface area contributed by atoms with Crippen molar-refractivity contribution in [2.24, 2.45) is 0 Å². The van der Waals surface area contributed by atoms with Crippen LogP contribution in [0.2, 0.25) is 0 Å². The highest BCUT2D eigenvalue weighted by molar-refractivity contribution is 7.07. The van der Waals surface area contributed by atoms with Crippen LogP contribution in [-0.2, 0) is 11.2 Å². The quantitative estimate of drug-likeness (QED) is 0.778. The first-order valence-electron chi connectivity index (χ1n) is 7.97. The summed E-state index contributed by atoms with van der Waals surface area (Å²) in [5.74, 6) is 0.103. The molecule has 0 unspecified atom stereocenters. The number of hydrogen-bond acceptors (Lipinski definition) is 5. The van der Waals surface area contributed by atoms with Crippen molar-refractivity contribution >= 4 is 17.2 Å². The Bertz CT molecular complexity index is 450. The average molecular weight is 325 g/mol. The summed E-state index contributed by atoms with van der Waals surface area (Å²) in [6.45, 7) is 8.53. The second-order valence-corrected chi connectivity index (χ2v) is 6.94. The summed E-state index contributed by atoms with van der Waals surface area (Å²) >= 11 is 1.69. The number of aliphatic hydroxyl groups excluding tert-OH is 1. The molecular formula is C16H27N3O2S. The van der Waals surface area contributed by atoms with E-state index >= 15 is 0 Å². The van der Waals surface area contributed by atoms with E-state index in [1.807, 2.05) is 6.92 Å². The van der Waals surface area contributed by atoms with Gasteiger partial charge in [0.05, 0.1) is 12.6 Å². The van der Waals surface area contributed by atoms with Crippen LogP contribution in [0.1, 0.15) is 19.4 Å². The molecule has 0 saturated carbocycles. The van der Waals surface area contributed by atoms with E-state index in [1.54, 1.807) is 11.3 Å². The fourth-order valence-corrected chi connectivity index (χ4v) is 3.57. The zero-order valence-corrected chi connectivity index (χ0v) is 14.3. The molecule has 5 nitrogen and oxygen atoms in total. The van der Waals surface area contributed by atoms with Gasteiger partial charge in [-0.25, -0.2) is 0 Å². The highest BCUT2D eigenvalue weighted by Crippen LogP contribution is 2.10. The van der Waals surface area contributed by atoms with Gasteiger partial charge < -0.3 is 10.4 Å². The number of piperazine rings is 1. The number of β-amino-alcohol motifs (C(OH)–C–C–N with tert-alkyl or cyclic N) is 1. The zero-order valence-electron chi connectivity index (χ0n) is 13.5. The maximum atomic E-state index is 12.0. The van der Waals surface area contributed by atoms with Crippen LogP contribution < -0.4 is 5.32 Å². The van der Waals surface area contributed by atoms with Crippen molar-refractivity contribution in [3.05, 3.63) is 22.4 Å². The van der Waals surface area contributed by atoms with Crippen LogP contribution in [0, 0.1) is 0 Å². The van der Waals surface area contributed by atoms with Gasteiger partial charge >= 0.3 is 0 Å². The minimum atomic E-state index is -0.297. The number of carbonyl (C=O) groups is 1. The van der Waals surface area contributed by atoms with E-state index in [9.17, 15) is 9.90 Å². The number of aliphatic hydroxyl groups is 1. The highest BCUT2D eigenvalue weighted by Gasteiger charge is 2.25. The first-order valence-corrected chi connectivity index (χ1v) is 8.91. The summed E-state index contributed by atoms with van der Waals surface area (Å²) in [7, 11) is 0. The zero-order chi connectivity index (χ0) is 15.9. The van der Waals surface area contributed by atoms with Crippen LogP contribution in [0.25, 0.3) is 0 Å². The number of nitrogens with one attached hydrogen (secondary N) is 1. The van der Waals surface area contributed by atoms with Crippen molar-refractivity contribution in [3.63, 3.8) is 0 Å². The van der Waals surface area contributed by atoms with Gasteiger partial charge in [0.25, 0.3) is 0 Å². The van der Waals surface area contributed by atoms with Crippen molar-refractivity contribution in [2.75, 3.05) is 39.3 Å². The summed E-state index contributed by atoms with van der Waals surface area (Å²) in [6.07, 6.45) is 0.600. The summed E-state index contributed by atoms with van der Waals surface area (Å²) in [5.41, 5.74) is 1.28. The fourth-order valence-electron chi connectivity index (χ4n) is 2.87. The molecular weight excluding hydrogens is 298 g/mol. The number of nitrogens with zero attached hydrogens (tertiary/aromatic N) is 2. The maximum absolute atomic E-state index is 12.0. The van der Waals surface area contributed by atoms with Crippen molar-refractivity contribution < 1.29 is 9.90 Å². The van der Waals surface area contributed by atoms with Gasteiger partial charge in [-0.1, -0.05) is 0 Å². The molecule has 1 aromatic rings. The monoisotopic (exact) mass is 325 g/mol. The van der Waals surface area contributed by atoms with E-state index in [-0.39, 0.29) is 12.0 Å². The smallest absolute Gasteiger partial charge is 0.234 e. The Balaban J connectivity index is 1.65. The lowest BCUT2D eigenvalue weighted by molar-refractivity contribution is -0.123. The normalized spacial score (nSPS) is 21.7. The molecule has 1 fully saturated rings. The van der Waals surface area contributed by atoms with Crippen molar-refractivity contribution in [1.29, 1.82) is 0 Å². The second kappa shape index (κ2) is 8.62. The molecule has 22 heavy (non-hydrogen) atoms. The van der Waals surface area contributed by atoms with Gasteiger partial charge in [-0.3, -0.25) is 14.6 Å². The minimum Gasteiger partial charge on any atom is -0.392 e. The Morgan fingerprint density at radius 2 is 2.36 bits per heavy atom. The average Bonchev–Trinajstić information content (AvgIpc) is 2.95. The first kappa shape index (κ1) is 17.4. The number of hydrogen-bond donors (Lipinski definition) is 2. The van der Waals surface area contributed by atoms with Crippen molar-refractivity contribution in [1.82, 2.24) is 15.1 Å². The third kappa shape index (κ3) is 5.68. The van der Waals surface area contributed by atoms with Crippen LogP contribution in [-0.4, -0.2) is 72.2 Å². The lowest BCUT2D eigenvalue weighted by atomic mass is 10.1. The SMILES string of the molecule is C[C@@H](O)CN1CCN(CC(=O)NCCc2ccsc2)C[C@@H]1C. The van der Waals surface area contributed by atoms with Crippen LogP contribution in [0.3, 0.4) is 0 Å². The van der Waals surface area contributed by atoms with E-state index in [0.29, 0.717) is 25.7 Å². The van der Waals surface area contributed by atoms with Gasteiger partial charge in [-0.2, -0.15) is 11.3 Å². The molecule has 1 amide bonds. The Morgan fingerprint density at radius 1 is 1.55 bits per heavy atom. The molecule has 0 aromatic carbocycles. The molecule has 0 radical (unpaired) electrons. The molecule has 1 aliphatic rings. The van der Waals surface area contributed by atoms with E-state index in [0.717, 1.165) is 26.1 Å². The summed E-state index contributed by atoms with van der Waals surface area (Å²) in [5, 5.41) is 16.7.